The van der Waals surface area contributed by atoms with Crippen LogP contribution in [0.3, 0.4) is 0 Å². The Kier molecular flexibility index (Phi) is 2.26. The van der Waals surface area contributed by atoms with Crippen molar-refractivity contribution in [3.05, 3.63) is 30.5 Å². The maximum Gasteiger partial charge on any atom is 0.195 e. The predicted octanol–water partition coefficient (Wildman–Crippen LogP) is 2.52. The molecular formula is C9H11NO. The van der Waals surface area contributed by atoms with Gasteiger partial charge in [0.2, 0.25) is 0 Å². The van der Waals surface area contributed by atoms with Crippen LogP contribution in [0, 0.1) is 0 Å². The molecule has 0 N–H and O–H groups in total. The van der Waals surface area contributed by atoms with E-state index in [2.05, 4.69) is 18.1 Å². The molecule has 0 radical (unpaired) electrons. The SMILES string of the molecule is C=Cc1nc(CC)oc1C=C. The second kappa shape index (κ2) is 3.19. The first-order valence-corrected chi connectivity index (χ1v) is 3.56. The number of hydrogen-bond acceptors (Lipinski definition) is 2. The van der Waals surface area contributed by atoms with Crippen LogP contribution in [0.1, 0.15) is 24.3 Å². The van der Waals surface area contributed by atoms with Crippen LogP contribution in [0.5, 0.6) is 0 Å². The van der Waals surface area contributed by atoms with E-state index in [-0.39, 0.29) is 0 Å². The molecule has 2 heteroatoms. The molecule has 58 valence electrons. The lowest BCUT2D eigenvalue weighted by Crippen LogP contribution is -1.77. The Balaban J connectivity index is 3.11. The molecule has 0 atom stereocenters. The lowest BCUT2D eigenvalue weighted by Gasteiger charge is -1.82. The summed E-state index contributed by atoms with van der Waals surface area (Å²) in [4.78, 5) is 4.16. The molecule has 0 fully saturated rings. The van der Waals surface area contributed by atoms with Crippen LogP contribution in [-0.4, -0.2) is 4.98 Å². The summed E-state index contributed by atoms with van der Waals surface area (Å²) in [5.41, 5.74) is 0.775. The van der Waals surface area contributed by atoms with Gasteiger partial charge in [-0.3, -0.25) is 0 Å². The van der Waals surface area contributed by atoms with Crippen molar-refractivity contribution in [2.24, 2.45) is 0 Å². The number of hydrogen-bond donors (Lipinski definition) is 0. The maximum absolute atomic E-state index is 5.30. The second-order valence-electron chi connectivity index (χ2n) is 2.12. The number of nitrogens with zero attached hydrogens (tertiary/aromatic N) is 1. The van der Waals surface area contributed by atoms with Gasteiger partial charge >= 0.3 is 0 Å². The first kappa shape index (κ1) is 7.79. The molecule has 1 heterocycles. The monoisotopic (exact) mass is 149 g/mol. The zero-order valence-electron chi connectivity index (χ0n) is 6.63. The minimum Gasteiger partial charge on any atom is -0.441 e. The smallest absolute Gasteiger partial charge is 0.195 e. The summed E-state index contributed by atoms with van der Waals surface area (Å²) in [6, 6.07) is 0. The van der Waals surface area contributed by atoms with Crippen molar-refractivity contribution in [3.63, 3.8) is 0 Å². The fourth-order valence-corrected chi connectivity index (χ4v) is 0.835. The predicted molar refractivity (Wildman–Crippen MR) is 46.1 cm³/mol. The zero-order valence-corrected chi connectivity index (χ0v) is 6.63. The second-order valence-corrected chi connectivity index (χ2v) is 2.12. The summed E-state index contributed by atoms with van der Waals surface area (Å²) >= 11 is 0. The number of aryl methyl sites for hydroxylation is 1. The average Bonchev–Trinajstić information content (AvgIpc) is 2.46. The van der Waals surface area contributed by atoms with Crippen LogP contribution in [0.4, 0.5) is 0 Å². The van der Waals surface area contributed by atoms with E-state index in [1.165, 1.54) is 0 Å². The Morgan fingerprint density at radius 1 is 1.45 bits per heavy atom. The topological polar surface area (TPSA) is 26.0 Å². The Hall–Kier alpha value is -1.31. The Morgan fingerprint density at radius 3 is 2.55 bits per heavy atom. The Labute approximate surface area is 66.3 Å². The number of rotatable bonds is 3. The van der Waals surface area contributed by atoms with Gasteiger partial charge in [0.15, 0.2) is 11.7 Å². The van der Waals surface area contributed by atoms with Crippen LogP contribution in [0.2, 0.25) is 0 Å². The minimum atomic E-state index is 0.705. The highest BCUT2D eigenvalue weighted by atomic mass is 16.4. The van der Waals surface area contributed by atoms with Crippen molar-refractivity contribution < 1.29 is 4.42 Å². The van der Waals surface area contributed by atoms with Crippen LogP contribution < -0.4 is 0 Å². The van der Waals surface area contributed by atoms with Crippen LogP contribution in [-0.2, 0) is 6.42 Å². The van der Waals surface area contributed by atoms with Gasteiger partial charge in [0, 0.05) is 6.42 Å². The highest BCUT2D eigenvalue weighted by molar-refractivity contribution is 5.55. The number of aromatic nitrogens is 1. The van der Waals surface area contributed by atoms with Crippen LogP contribution in [0.15, 0.2) is 17.6 Å². The van der Waals surface area contributed by atoms with Gasteiger partial charge < -0.3 is 4.42 Å². The molecule has 0 amide bonds. The maximum atomic E-state index is 5.30. The average molecular weight is 149 g/mol. The lowest BCUT2D eigenvalue weighted by atomic mass is 10.3. The quantitative estimate of drug-likeness (QED) is 0.660. The molecule has 1 aromatic heterocycles. The van der Waals surface area contributed by atoms with E-state index in [1.54, 1.807) is 12.2 Å². The molecular weight excluding hydrogens is 138 g/mol. The molecule has 1 rings (SSSR count). The molecule has 0 aliphatic rings. The van der Waals surface area contributed by atoms with Crippen LogP contribution >= 0.6 is 0 Å². The molecule has 0 saturated carbocycles. The third kappa shape index (κ3) is 1.40. The molecule has 0 spiro atoms. The van der Waals surface area contributed by atoms with Crippen molar-refractivity contribution in [3.8, 4) is 0 Å². The Morgan fingerprint density at radius 2 is 2.18 bits per heavy atom. The van der Waals surface area contributed by atoms with Crippen molar-refractivity contribution in [1.82, 2.24) is 4.98 Å². The van der Waals surface area contributed by atoms with Gasteiger partial charge in [-0.15, -0.1) is 0 Å². The third-order valence-corrected chi connectivity index (χ3v) is 1.41. The van der Waals surface area contributed by atoms with E-state index < -0.39 is 0 Å². The van der Waals surface area contributed by atoms with Crippen molar-refractivity contribution >= 4 is 12.2 Å². The fourth-order valence-electron chi connectivity index (χ4n) is 0.835. The van der Waals surface area contributed by atoms with Crippen molar-refractivity contribution in [2.75, 3.05) is 0 Å². The van der Waals surface area contributed by atoms with Gasteiger partial charge in [-0.25, -0.2) is 4.98 Å². The van der Waals surface area contributed by atoms with E-state index in [1.807, 2.05) is 6.92 Å². The van der Waals surface area contributed by atoms with Crippen LogP contribution in [0.25, 0.3) is 12.2 Å². The highest BCUT2D eigenvalue weighted by Crippen LogP contribution is 2.13. The first-order chi connectivity index (χ1) is 5.31. The van der Waals surface area contributed by atoms with Gasteiger partial charge in [-0.05, 0) is 12.2 Å². The lowest BCUT2D eigenvalue weighted by molar-refractivity contribution is 0.494. The molecule has 0 aliphatic carbocycles. The largest absolute Gasteiger partial charge is 0.441 e. The molecule has 1 aromatic rings. The summed E-state index contributed by atoms with van der Waals surface area (Å²) in [5, 5.41) is 0. The van der Waals surface area contributed by atoms with E-state index in [0.717, 1.165) is 18.0 Å². The molecule has 2 nitrogen and oxygen atoms in total. The summed E-state index contributed by atoms with van der Waals surface area (Å²) < 4.78 is 5.30. The van der Waals surface area contributed by atoms with Gasteiger partial charge in [0.25, 0.3) is 0 Å². The molecule has 11 heavy (non-hydrogen) atoms. The van der Waals surface area contributed by atoms with Crippen molar-refractivity contribution in [1.29, 1.82) is 0 Å². The minimum absolute atomic E-state index is 0.705. The van der Waals surface area contributed by atoms with E-state index in [0.29, 0.717) is 5.76 Å². The van der Waals surface area contributed by atoms with E-state index >= 15 is 0 Å². The summed E-state index contributed by atoms with van der Waals surface area (Å²) in [5.74, 6) is 1.44. The number of oxazole rings is 1. The summed E-state index contributed by atoms with van der Waals surface area (Å²) in [6.45, 7) is 9.21. The highest BCUT2D eigenvalue weighted by Gasteiger charge is 2.04. The zero-order chi connectivity index (χ0) is 8.27. The van der Waals surface area contributed by atoms with Gasteiger partial charge in [-0.2, -0.15) is 0 Å². The molecule has 0 bridgehead atoms. The molecule has 0 aromatic carbocycles. The molecule has 0 unspecified atom stereocenters. The molecule has 0 aliphatic heterocycles. The van der Waals surface area contributed by atoms with E-state index in [9.17, 15) is 0 Å². The van der Waals surface area contributed by atoms with Crippen molar-refractivity contribution in [2.45, 2.75) is 13.3 Å². The van der Waals surface area contributed by atoms with Gasteiger partial charge in [0.05, 0.1) is 0 Å². The summed E-state index contributed by atoms with van der Waals surface area (Å²) in [7, 11) is 0. The van der Waals surface area contributed by atoms with E-state index in [4.69, 9.17) is 4.42 Å². The standard InChI is InChI=1S/C9H11NO/c1-4-7-8(5-2)11-9(6-3)10-7/h4-5H,1-2,6H2,3H3. The third-order valence-electron chi connectivity index (χ3n) is 1.41. The first-order valence-electron chi connectivity index (χ1n) is 3.56. The fraction of sp³-hybridized carbons (Fsp3) is 0.222. The normalized spacial score (nSPS) is 9.55. The molecule has 0 saturated heterocycles. The van der Waals surface area contributed by atoms with Gasteiger partial charge in [0.1, 0.15) is 5.69 Å². The Bertz CT molecular complexity index is 248. The van der Waals surface area contributed by atoms with Gasteiger partial charge in [-0.1, -0.05) is 20.1 Å². The summed E-state index contributed by atoms with van der Waals surface area (Å²) in [6.07, 6.45) is 4.11.